The quantitative estimate of drug-likeness (QED) is 0.675. The van der Waals surface area contributed by atoms with E-state index in [2.05, 4.69) is 10.3 Å². The highest BCUT2D eigenvalue weighted by atomic mass is 32.1. The molecule has 0 amide bonds. The average Bonchev–Trinajstić information content (AvgIpc) is 2.53. The zero-order valence-electron chi connectivity index (χ0n) is 8.12. The van der Waals surface area contributed by atoms with E-state index in [-0.39, 0.29) is 0 Å². The molecule has 0 unspecified atom stereocenters. The van der Waals surface area contributed by atoms with Gasteiger partial charge in [-0.25, -0.2) is 4.98 Å². The van der Waals surface area contributed by atoms with Gasteiger partial charge in [0.1, 0.15) is 0 Å². The lowest BCUT2D eigenvalue weighted by Crippen LogP contribution is -2.45. The van der Waals surface area contributed by atoms with Crippen LogP contribution in [-0.4, -0.2) is 17.6 Å². The first kappa shape index (κ1) is 8.68. The van der Waals surface area contributed by atoms with Crippen LogP contribution >= 0.6 is 11.3 Å². The van der Waals surface area contributed by atoms with Crippen molar-refractivity contribution in [2.24, 2.45) is 5.92 Å². The Bertz CT molecular complexity index is 316. The number of hydrogen-bond donors (Lipinski definition) is 2. The summed E-state index contributed by atoms with van der Waals surface area (Å²) in [6.45, 7) is 1.19. The molecule has 1 aliphatic heterocycles. The van der Waals surface area contributed by atoms with Gasteiger partial charge < -0.3 is 11.1 Å². The Kier molecular flexibility index (Phi) is 1.99. The molecule has 0 spiro atoms. The second-order valence-electron chi connectivity index (χ2n) is 4.29. The van der Waals surface area contributed by atoms with Gasteiger partial charge in [0.15, 0.2) is 5.13 Å². The first-order valence-electron chi connectivity index (χ1n) is 5.30. The third kappa shape index (κ3) is 1.33. The zero-order valence-corrected chi connectivity index (χ0v) is 8.94. The second kappa shape index (κ2) is 3.21. The summed E-state index contributed by atoms with van der Waals surface area (Å²) in [5.74, 6) is 0.803. The predicted molar refractivity (Wildman–Crippen MR) is 58.4 cm³/mol. The van der Waals surface area contributed by atoms with E-state index >= 15 is 0 Å². The van der Waals surface area contributed by atoms with Gasteiger partial charge in [0, 0.05) is 10.9 Å². The molecule has 2 heterocycles. The van der Waals surface area contributed by atoms with Gasteiger partial charge in [0.25, 0.3) is 0 Å². The van der Waals surface area contributed by atoms with Crippen LogP contribution in [0.3, 0.4) is 0 Å². The maximum atomic E-state index is 5.73. The summed E-state index contributed by atoms with van der Waals surface area (Å²) >= 11 is 1.67. The van der Waals surface area contributed by atoms with E-state index in [0.717, 1.165) is 23.9 Å². The van der Waals surface area contributed by atoms with Gasteiger partial charge in [-0.1, -0.05) is 0 Å². The Hall–Kier alpha value is -0.610. The van der Waals surface area contributed by atoms with E-state index in [1.54, 1.807) is 11.3 Å². The largest absolute Gasteiger partial charge is 0.375 e. The van der Waals surface area contributed by atoms with Crippen LogP contribution in [0.25, 0.3) is 0 Å². The van der Waals surface area contributed by atoms with E-state index in [0.29, 0.717) is 6.04 Å². The van der Waals surface area contributed by atoms with Crippen LogP contribution in [0.2, 0.25) is 0 Å². The number of fused-ring (bicyclic) bond motifs is 2. The smallest absolute Gasteiger partial charge is 0.180 e. The standard InChI is InChI=1S/C10H15N3S/c11-10-13-8-4-6-2-1-3-12-7(6)5-9(8)14-10/h6-7,12H,1-5H2,(H2,11,13)/t6-,7-/m1/s1. The number of aromatic nitrogens is 1. The molecule has 2 atom stereocenters. The first-order chi connectivity index (χ1) is 6.83. The summed E-state index contributed by atoms with van der Waals surface area (Å²) in [5, 5.41) is 4.35. The van der Waals surface area contributed by atoms with Crippen molar-refractivity contribution in [1.82, 2.24) is 10.3 Å². The summed E-state index contributed by atoms with van der Waals surface area (Å²) in [5.41, 5.74) is 7.01. The van der Waals surface area contributed by atoms with Gasteiger partial charge in [-0.2, -0.15) is 0 Å². The van der Waals surface area contributed by atoms with E-state index in [1.807, 2.05) is 0 Å². The second-order valence-corrected chi connectivity index (χ2v) is 5.41. The molecule has 1 aliphatic carbocycles. The fourth-order valence-electron chi connectivity index (χ4n) is 2.67. The van der Waals surface area contributed by atoms with Crippen molar-refractivity contribution in [1.29, 1.82) is 0 Å². The number of rotatable bonds is 0. The third-order valence-electron chi connectivity index (χ3n) is 3.38. The third-order valence-corrected chi connectivity index (χ3v) is 4.33. The normalized spacial score (nSPS) is 30.9. The number of nitrogens with zero attached hydrogens (tertiary/aromatic N) is 1. The van der Waals surface area contributed by atoms with E-state index in [4.69, 9.17) is 5.73 Å². The number of anilines is 1. The highest BCUT2D eigenvalue weighted by Gasteiger charge is 2.32. The Morgan fingerprint density at radius 1 is 1.43 bits per heavy atom. The summed E-state index contributed by atoms with van der Waals surface area (Å²) in [6.07, 6.45) is 4.96. The summed E-state index contributed by atoms with van der Waals surface area (Å²) in [6, 6.07) is 0.691. The first-order valence-corrected chi connectivity index (χ1v) is 6.12. The molecule has 0 saturated carbocycles. The lowest BCUT2D eigenvalue weighted by Gasteiger charge is -2.35. The van der Waals surface area contributed by atoms with Crippen molar-refractivity contribution in [3.05, 3.63) is 10.6 Å². The minimum absolute atomic E-state index is 0.691. The number of piperidine rings is 1. The van der Waals surface area contributed by atoms with Crippen molar-refractivity contribution in [3.8, 4) is 0 Å². The summed E-state index contributed by atoms with van der Waals surface area (Å²) in [4.78, 5) is 5.83. The van der Waals surface area contributed by atoms with Gasteiger partial charge >= 0.3 is 0 Å². The van der Waals surface area contributed by atoms with Crippen LogP contribution in [-0.2, 0) is 12.8 Å². The fourth-order valence-corrected chi connectivity index (χ4v) is 3.59. The van der Waals surface area contributed by atoms with Crippen LogP contribution in [0.1, 0.15) is 23.4 Å². The minimum atomic E-state index is 0.691. The highest BCUT2D eigenvalue weighted by Crippen LogP contribution is 2.34. The SMILES string of the molecule is Nc1nc2c(s1)C[C@H]1NCCC[C@@H]1C2. The van der Waals surface area contributed by atoms with Crippen molar-refractivity contribution in [3.63, 3.8) is 0 Å². The topological polar surface area (TPSA) is 50.9 Å². The molecule has 1 aromatic rings. The summed E-state index contributed by atoms with van der Waals surface area (Å²) < 4.78 is 0. The molecule has 4 heteroatoms. The molecule has 1 aromatic heterocycles. The number of nitrogens with one attached hydrogen (secondary N) is 1. The number of nitrogen functional groups attached to an aromatic ring is 1. The van der Waals surface area contributed by atoms with E-state index < -0.39 is 0 Å². The lowest BCUT2D eigenvalue weighted by atomic mass is 9.81. The van der Waals surface area contributed by atoms with Crippen molar-refractivity contribution in [2.45, 2.75) is 31.7 Å². The Morgan fingerprint density at radius 2 is 2.36 bits per heavy atom. The number of nitrogens with two attached hydrogens (primary N) is 1. The Labute approximate surface area is 87.7 Å². The molecule has 0 aromatic carbocycles. The van der Waals surface area contributed by atoms with Crippen molar-refractivity contribution < 1.29 is 0 Å². The summed E-state index contributed by atoms with van der Waals surface area (Å²) in [7, 11) is 0. The highest BCUT2D eigenvalue weighted by molar-refractivity contribution is 7.15. The molecular formula is C10H15N3S. The molecule has 3 rings (SSSR count). The number of thiazole rings is 1. The van der Waals surface area contributed by atoms with Gasteiger partial charge in [-0.05, 0) is 38.1 Å². The van der Waals surface area contributed by atoms with E-state index in [1.165, 1.54) is 30.0 Å². The maximum Gasteiger partial charge on any atom is 0.180 e. The predicted octanol–water partition coefficient (Wildman–Crippen LogP) is 1.19. The van der Waals surface area contributed by atoms with Gasteiger partial charge in [-0.3, -0.25) is 0 Å². The zero-order chi connectivity index (χ0) is 9.54. The van der Waals surface area contributed by atoms with Gasteiger partial charge in [0.2, 0.25) is 0 Å². The monoisotopic (exact) mass is 209 g/mol. The van der Waals surface area contributed by atoms with E-state index in [9.17, 15) is 0 Å². The van der Waals surface area contributed by atoms with Gasteiger partial charge in [-0.15, -0.1) is 11.3 Å². The average molecular weight is 209 g/mol. The molecule has 3 nitrogen and oxygen atoms in total. The molecule has 3 N–H and O–H groups in total. The lowest BCUT2D eigenvalue weighted by molar-refractivity contribution is 0.263. The molecule has 76 valence electrons. The molecule has 0 bridgehead atoms. The van der Waals surface area contributed by atoms with Gasteiger partial charge in [0.05, 0.1) is 5.69 Å². The fraction of sp³-hybridized carbons (Fsp3) is 0.700. The Morgan fingerprint density at radius 3 is 3.29 bits per heavy atom. The van der Waals surface area contributed by atoms with Crippen LogP contribution in [0.5, 0.6) is 0 Å². The molecule has 2 aliphatic rings. The van der Waals surface area contributed by atoms with Crippen LogP contribution in [0.15, 0.2) is 0 Å². The Balaban J connectivity index is 1.90. The van der Waals surface area contributed by atoms with Crippen LogP contribution < -0.4 is 11.1 Å². The molecule has 1 fully saturated rings. The van der Waals surface area contributed by atoms with Crippen molar-refractivity contribution >= 4 is 16.5 Å². The minimum Gasteiger partial charge on any atom is -0.375 e. The number of hydrogen-bond acceptors (Lipinski definition) is 4. The molecule has 14 heavy (non-hydrogen) atoms. The maximum absolute atomic E-state index is 5.73. The van der Waals surface area contributed by atoms with Crippen LogP contribution in [0.4, 0.5) is 5.13 Å². The molecular weight excluding hydrogens is 194 g/mol. The molecule has 1 saturated heterocycles. The molecule has 0 radical (unpaired) electrons. The van der Waals surface area contributed by atoms with Crippen LogP contribution in [0, 0.1) is 5.92 Å². The van der Waals surface area contributed by atoms with Crippen molar-refractivity contribution in [2.75, 3.05) is 12.3 Å².